The number of phenolic OH excluding ortho intramolecular Hbond substituents is 1. The molecule has 3 heterocycles. The number of hydrogen-bond donors (Lipinski definition) is 2. The normalized spacial score (nSPS) is 14.1. The second kappa shape index (κ2) is 9.35. The van der Waals surface area contributed by atoms with Gasteiger partial charge in [0.05, 0.1) is 28.1 Å². The molecule has 0 saturated carbocycles. The van der Waals surface area contributed by atoms with Gasteiger partial charge in [-0.2, -0.15) is 0 Å². The van der Waals surface area contributed by atoms with Gasteiger partial charge in [0.15, 0.2) is 0 Å². The zero-order chi connectivity index (χ0) is 25.6. The predicted molar refractivity (Wildman–Crippen MR) is 138 cm³/mol. The first kappa shape index (κ1) is 23.9. The lowest BCUT2D eigenvalue weighted by atomic mass is 9.99. The number of hydrogen-bond acceptors (Lipinski definition) is 5. The van der Waals surface area contributed by atoms with Crippen LogP contribution >= 0.6 is 0 Å². The topological polar surface area (TPSA) is 70.4 Å². The number of aromatic hydroxyl groups is 1. The zero-order valence-electron chi connectivity index (χ0n) is 20.5. The third-order valence-corrected chi connectivity index (χ3v) is 6.73. The molecule has 0 unspecified atom stereocenters. The highest BCUT2D eigenvalue weighted by Gasteiger charge is 2.24. The number of fused-ring (bicyclic) bond motifs is 1. The molecule has 0 atom stereocenters. The van der Waals surface area contributed by atoms with Gasteiger partial charge < -0.3 is 15.3 Å². The van der Waals surface area contributed by atoms with Crippen LogP contribution < -0.4 is 15.8 Å². The fourth-order valence-electron chi connectivity index (χ4n) is 4.98. The fraction of sp³-hybridized carbons (Fsp3) is 0.286. The van der Waals surface area contributed by atoms with Gasteiger partial charge in [0.25, 0.3) is 5.56 Å². The average molecular weight is 491 g/mol. The Bertz CT molecular complexity index is 1500. The number of benzene rings is 2. The Morgan fingerprint density at radius 1 is 1.06 bits per heavy atom. The van der Waals surface area contributed by atoms with Gasteiger partial charge in [-0.15, -0.1) is 0 Å². The first-order chi connectivity index (χ1) is 17.3. The highest BCUT2D eigenvalue weighted by molar-refractivity contribution is 5.96. The van der Waals surface area contributed by atoms with Crippen molar-refractivity contribution in [2.75, 3.05) is 31.1 Å². The van der Waals surface area contributed by atoms with Crippen LogP contribution in [0.25, 0.3) is 27.7 Å². The van der Waals surface area contributed by atoms with Crippen LogP contribution in [0.5, 0.6) is 5.75 Å². The van der Waals surface area contributed by atoms with Crippen LogP contribution in [0.2, 0.25) is 0 Å². The maximum absolute atomic E-state index is 15.6. The van der Waals surface area contributed by atoms with Crippen LogP contribution in [0.15, 0.2) is 53.5 Å². The lowest BCUT2D eigenvalue weighted by Crippen LogP contribution is -2.44. The molecular formula is C28H28F2N4O2. The van der Waals surface area contributed by atoms with E-state index in [0.717, 1.165) is 24.3 Å². The zero-order valence-corrected chi connectivity index (χ0v) is 20.5. The van der Waals surface area contributed by atoms with Gasteiger partial charge in [0.2, 0.25) is 0 Å². The lowest BCUT2D eigenvalue weighted by molar-refractivity contribution is 0.471. The Morgan fingerprint density at radius 3 is 2.50 bits per heavy atom. The van der Waals surface area contributed by atoms with E-state index >= 15 is 4.39 Å². The highest BCUT2D eigenvalue weighted by Crippen LogP contribution is 2.38. The van der Waals surface area contributed by atoms with Crippen LogP contribution in [-0.2, 0) is 0 Å². The van der Waals surface area contributed by atoms with E-state index in [1.165, 1.54) is 30.3 Å². The average Bonchev–Trinajstić information content (AvgIpc) is 2.85. The molecule has 2 N–H and O–H groups in total. The van der Waals surface area contributed by atoms with Gasteiger partial charge >= 0.3 is 0 Å². The van der Waals surface area contributed by atoms with E-state index in [1.807, 2.05) is 26.8 Å². The van der Waals surface area contributed by atoms with Crippen LogP contribution in [0.4, 0.5) is 14.5 Å². The largest absolute Gasteiger partial charge is 0.507 e. The van der Waals surface area contributed by atoms with Gasteiger partial charge in [-0.3, -0.25) is 14.3 Å². The maximum Gasteiger partial charge on any atom is 0.257 e. The number of anilines is 1. The van der Waals surface area contributed by atoms with Crippen molar-refractivity contribution in [3.05, 3.63) is 81.9 Å². The number of phenols is 1. The molecule has 0 radical (unpaired) electrons. The van der Waals surface area contributed by atoms with Crippen LogP contribution in [0, 0.1) is 18.6 Å². The number of nitrogens with zero attached hydrogens (tertiary/aromatic N) is 3. The third-order valence-electron chi connectivity index (χ3n) is 6.73. The first-order valence-electron chi connectivity index (χ1n) is 12.1. The van der Waals surface area contributed by atoms with Gasteiger partial charge in [0, 0.05) is 49.4 Å². The Labute approximate surface area is 207 Å². The molecule has 6 nitrogen and oxygen atoms in total. The highest BCUT2D eigenvalue weighted by atomic mass is 19.1. The van der Waals surface area contributed by atoms with E-state index in [9.17, 15) is 14.3 Å². The van der Waals surface area contributed by atoms with Crippen LogP contribution in [0.3, 0.4) is 0 Å². The van der Waals surface area contributed by atoms with Gasteiger partial charge in [0.1, 0.15) is 17.4 Å². The maximum atomic E-state index is 15.6. The van der Waals surface area contributed by atoms with Gasteiger partial charge in [-0.05, 0) is 48.7 Å². The minimum absolute atomic E-state index is 0.0187. The molecule has 186 valence electrons. The van der Waals surface area contributed by atoms with Gasteiger partial charge in [-0.1, -0.05) is 19.9 Å². The molecule has 5 rings (SSSR count). The fourth-order valence-corrected chi connectivity index (χ4v) is 4.98. The van der Waals surface area contributed by atoms with E-state index in [0.29, 0.717) is 35.4 Å². The molecule has 0 amide bonds. The predicted octanol–water partition coefficient (Wildman–Crippen LogP) is 4.88. The Hall–Kier alpha value is -3.78. The number of rotatable bonds is 4. The van der Waals surface area contributed by atoms with E-state index in [1.54, 1.807) is 16.8 Å². The van der Waals surface area contributed by atoms with E-state index < -0.39 is 11.6 Å². The quantitative estimate of drug-likeness (QED) is 0.427. The summed E-state index contributed by atoms with van der Waals surface area (Å²) in [6, 6.07) is 10.0. The Balaban J connectivity index is 1.91. The Morgan fingerprint density at radius 2 is 1.81 bits per heavy atom. The van der Waals surface area contributed by atoms with Crippen molar-refractivity contribution in [2.45, 2.75) is 26.7 Å². The van der Waals surface area contributed by atoms with Crippen molar-refractivity contribution in [2.24, 2.45) is 0 Å². The number of aromatic nitrogens is 2. The van der Waals surface area contributed by atoms with Crippen molar-refractivity contribution in [1.82, 2.24) is 14.9 Å². The molecule has 4 aromatic rings. The van der Waals surface area contributed by atoms with Crippen molar-refractivity contribution < 1.29 is 13.9 Å². The SMILES string of the molecule is Cc1ccnc(C(C)C)c1-n1c(=O)cc(N2CCNCC2)c2cc(F)c(-c3c(O)cccc3F)cc21. The standard InChI is InChI=1S/C28H28F2N4O2/c1-16(2)27-28(17(3)7-8-32-27)34-23-14-18(26-20(29)5-4-6-24(26)35)21(30)13-19(23)22(15-25(34)36)33-11-9-31-10-12-33/h4-8,13-16,31,35H,9-12H2,1-3H3. The second-order valence-electron chi connectivity index (χ2n) is 9.44. The molecule has 1 aliphatic heterocycles. The van der Waals surface area contributed by atoms with Crippen molar-refractivity contribution >= 4 is 16.6 Å². The molecule has 8 heteroatoms. The second-order valence-corrected chi connectivity index (χ2v) is 9.44. The summed E-state index contributed by atoms with van der Waals surface area (Å²) in [7, 11) is 0. The molecule has 1 aliphatic rings. The van der Waals surface area contributed by atoms with E-state index in [4.69, 9.17) is 0 Å². The first-order valence-corrected chi connectivity index (χ1v) is 12.1. The minimum atomic E-state index is -0.749. The van der Waals surface area contributed by atoms with E-state index in [-0.39, 0.29) is 28.4 Å². The summed E-state index contributed by atoms with van der Waals surface area (Å²) in [4.78, 5) is 20.4. The minimum Gasteiger partial charge on any atom is -0.507 e. The number of piperazine rings is 1. The van der Waals surface area contributed by atoms with Crippen molar-refractivity contribution in [1.29, 1.82) is 0 Å². The smallest absolute Gasteiger partial charge is 0.257 e. The summed E-state index contributed by atoms with van der Waals surface area (Å²) >= 11 is 0. The summed E-state index contributed by atoms with van der Waals surface area (Å²) in [6.45, 7) is 8.71. The van der Waals surface area contributed by atoms with E-state index in [2.05, 4.69) is 15.2 Å². The molecule has 0 spiro atoms. The summed E-state index contributed by atoms with van der Waals surface area (Å²) < 4.78 is 32.0. The third kappa shape index (κ3) is 4.01. The van der Waals surface area contributed by atoms with Gasteiger partial charge in [-0.25, -0.2) is 8.78 Å². The van der Waals surface area contributed by atoms with Crippen molar-refractivity contribution in [3.63, 3.8) is 0 Å². The van der Waals surface area contributed by atoms with Crippen LogP contribution in [-0.4, -0.2) is 40.8 Å². The summed E-state index contributed by atoms with van der Waals surface area (Å²) in [5, 5.41) is 14.2. The summed E-state index contributed by atoms with van der Waals surface area (Å²) in [6.07, 6.45) is 1.71. The lowest BCUT2D eigenvalue weighted by Gasteiger charge is -2.31. The van der Waals surface area contributed by atoms with Crippen LogP contribution in [0.1, 0.15) is 31.0 Å². The number of halogens is 2. The number of nitrogens with one attached hydrogen (secondary N) is 1. The molecular weight excluding hydrogens is 462 g/mol. The number of pyridine rings is 2. The molecule has 36 heavy (non-hydrogen) atoms. The summed E-state index contributed by atoms with van der Waals surface area (Å²) in [5.74, 6) is -1.79. The number of aryl methyl sites for hydroxylation is 1. The van der Waals surface area contributed by atoms with Crippen molar-refractivity contribution in [3.8, 4) is 22.6 Å². The Kier molecular flexibility index (Phi) is 6.22. The molecule has 1 fully saturated rings. The molecule has 2 aromatic heterocycles. The molecule has 1 saturated heterocycles. The molecule has 0 bridgehead atoms. The summed E-state index contributed by atoms with van der Waals surface area (Å²) in [5.41, 5.74) is 2.61. The molecule has 0 aliphatic carbocycles. The molecule has 2 aromatic carbocycles. The monoisotopic (exact) mass is 490 g/mol.